The second kappa shape index (κ2) is 7.74. The van der Waals surface area contributed by atoms with Crippen molar-refractivity contribution >= 4 is 23.0 Å². The van der Waals surface area contributed by atoms with Crippen LogP contribution in [0.3, 0.4) is 0 Å². The second-order valence-corrected chi connectivity index (χ2v) is 7.43. The molecule has 3 rings (SSSR count). The Kier molecular flexibility index (Phi) is 5.37. The lowest BCUT2D eigenvalue weighted by molar-refractivity contribution is 1.18. The largest absolute Gasteiger partial charge is 0.340 e. The van der Waals surface area contributed by atoms with Crippen LogP contribution in [0.15, 0.2) is 36.4 Å². The number of aryl methyl sites for hydroxylation is 4. The molecule has 2 aromatic carbocycles. The van der Waals surface area contributed by atoms with Crippen molar-refractivity contribution in [3.05, 3.63) is 75.3 Å². The molecule has 0 fully saturated rings. The molecule has 4 nitrogen and oxygen atoms in total. The molecule has 0 atom stereocenters. The highest BCUT2D eigenvalue weighted by Gasteiger charge is 2.16. The Morgan fingerprint density at radius 2 is 1.21 bits per heavy atom. The molecule has 28 heavy (non-hydrogen) atoms. The van der Waals surface area contributed by atoms with E-state index in [-0.39, 0.29) is 0 Å². The Morgan fingerprint density at radius 1 is 0.714 bits per heavy atom. The number of aromatic nitrogens is 1. The van der Waals surface area contributed by atoms with E-state index in [1.54, 1.807) is 0 Å². The standard InChI is InChI=1S/C24H26N4/c1-14-7-9-16(3)21(11-14)26-23-19(6)18(5)20(13-25)24(28-23)27-22-12-15(2)8-10-17(22)4/h7-12H,1-6H3,(H2,26,27,28). The van der Waals surface area contributed by atoms with Gasteiger partial charge in [0.15, 0.2) is 5.82 Å². The first-order valence-corrected chi connectivity index (χ1v) is 9.40. The topological polar surface area (TPSA) is 60.7 Å². The first-order valence-electron chi connectivity index (χ1n) is 9.40. The first kappa shape index (κ1) is 19.4. The molecule has 3 aromatic rings. The van der Waals surface area contributed by atoms with Crippen molar-refractivity contribution in [1.82, 2.24) is 4.98 Å². The van der Waals surface area contributed by atoms with E-state index in [0.717, 1.165) is 45.0 Å². The second-order valence-electron chi connectivity index (χ2n) is 7.43. The van der Waals surface area contributed by atoms with E-state index in [0.29, 0.717) is 11.4 Å². The summed E-state index contributed by atoms with van der Waals surface area (Å²) in [4.78, 5) is 4.79. The van der Waals surface area contributed by atoms with Crippen molar-refractivity contribution < 1.29 is 0 Å². The third-order valence-electron chi connectivity index (χ3n) is 5.16. The average molecular weight is 371 g/mol. The highest BCUT2D eigenvalue weighted by molar-refractivity contribution is 5.73. The molecule has 0 bridgehead atoms. The van der Waals surface area contributed by atoms with Crippen molar-refractivity contribution in [2.24, 2.45) is 0 Å². The molecule has 0 saturated carbocycles. The number of rotatable bonds is 4. The molecule has 0 aliphatic carbocycles. The Bertz CT molecular complexity index is 1090. The molecule has 0 amide bonds. The number of hydrogen-bond donors (Lipinski definition) is 2. The van der Waals surface area contributed by atoms with E-state index in [9.17, 15) is 5.26 Å². The monoisotopic (exact) mass is 370 g/mol. The Hall–Kier alpha value is -3.32. The lowest BCUT2D eigenvalue weighted by Gasteiger charge is -2.18. The number of nitrogens with zero attached hydrogens (tertiary/aromatic N) is 2. The summed E-state index contributed by atoms with van der Waals surface area (Å²) >= 11 is 0. The number of nitrogens with one attached hydrogen (secondary N) is 2. The van der Waals surface area contributed by atoms with Crippen molar-refractivity contribution in [2.75, 3.05) is 10.6 Å². The summed E-state index contributed by atoms with van der Waals surface area (Å²) in [5.74, 6) is 1.34. The zero-order valence-corrected chi connectivity index (χ0v) is 17.4. The minimum absolute atomic E-state index is 0.574. The van der Waals surface area contributed by atoms with Crippen LogP contribution < -0.4 is 10.6 Å². The van der Waals surface area contributed by atoms with E-state index in [1.165, 1.54) is 5.56 Å². The fourth-order valence-corrected chi connectivity index (χ4v) is 3.14. The van der Waals surface area contributed by atoms with Gasteiger partial charge in [0, 0.05) is 11.4 Å². The summed E-state index contributed by atoms with van der Waals surface area (Å²) in [6, 6.07) is 14.8. The predicted molar refractivity (Wildman–Crippen MR) is 117 cm³/mol. The number of hydrogen-bond acceptors (Lipinski definition) is 4. The molecule has 1 heterocycles. The van der Waals surface area contributed by atoms with Crippen LogP contribution in [0, 0.1) is 52.9 Å². The summed E-state index contributed by atoms with van der Waals surface area (Å²) in [5, 5.41) is 16.6. The molecule has 2 N–H and O–H groups in total. The van der Waals surface area contributed by atoms with Crippen LogP contribution in [-0.2, 0) is 0 Å². The minimum Gasteiger partial charge on any atom is -0.340 e. The van der Waals surface area contributed by atoms with E-state index >= 15 is 0 Å². The minimum atomic E-state index is 0.574. The van der Waals surface area contributed by atoms with Crippen molar-refractivity contribution in [2.45, 2.75) is 41.5 Å². The Morgan fingerprint density at radius 3 is 1.71 bits per heavy atom. The van der Waals surface area contributed by atoms with Crippen molar-refractivity contribution in [3.63, 3.8) is 0 Å². The molecule has 4 heteroatoms. The van der Waals surface area contributed by atoms with Gasteiger partial charge in [0.05, 0.1) is 5.56 Å². The first-order chi connectivity index (χ1) is 13.3. The maximum atomic E-state index is 9.74. The smallest absolute Gasteiger partial charge is 0.151 e. The number of benzene rings is 2. The molecule has 0 spiro atoms. The SMILES string of the molecule is Cc1ccc(C)c(Nc2nc(Nc3cc(C)ccc3C)c(C#N)c(C)c2C)c1. The van der Waals surface area contributed by atoms with Crippen LogP contribution in [0.25, 0.3) is 0 Å². The van der Waals surface area contributed by atoms with Crippen LogP contribution in [0.4, 0.5) is 23.0 Å². The van der Waals surface area contributed by atoms with Crippen LogP contribution in [0.1, 0.15) is 38.9 Å². The van der Waals surface area contributed by atoms with Crippen LogP contribution in [-0.4, -0.2) is 4.98 Å². The van der Waals surface area contributed by atoms with Crippen LogP contribution in [0.5, 0.6) is 0 Å². The molecular formula is C24H26N4. The van der Waals surface area contributed by atoms with Crippen LogP contribution >= 0.6 is 0 Å². The van der Waals surface area contributed by atoms with E-state index < -0.39 is 0 Å². The Balaban J connectivity index is 2.09. The van der Waals surface area contributed by atoms with E-state index in [1.807, 2.05) is 20.8 Å². The van der Waals surface area contributed by atoms with Crippen molar-refractivity contribution in [1.29, 1.82) is 5.26 Å². The maximum absolute atomic E-state index is 9.74. The summed E-state index contributed by atoms with van der Waals surface area (Å²) in [7, 11) is 0. The number of pyridine rings is 1. The van der Waals surface area contributed by atoms with Gasteiger partial charge in [-0.15, -0.1) is 0 Å². The van der Waals surface area contributed by atoms with Gasteiger partial charge in [-0.1, -0.05) is 24.3 Å². The van der Waals surface area contributed by atoms with Gasteiger partial charge in [0.25, 0.3) is 0 Å². The van der Waals surface area contributed by atoms with Gasteiger partial charge < -0.3 is 10.6 Å². The normalized spacial score (nSPS) is 10.5. The van der Waals surface area contributed by atoms with Gasteiger partial charge in [-0.25, -0.2) is 4.98 Å². The molecule has 0 aliphatic heterocycles. The Labute approximate surface area is 167 Å². The molecular weight excluding hydrogens is 344 g/mol. The highest BCUT2D eigenvalue weighted by Crippen LogP contribution is 2.31. The van der Waals surface area contributed by atoms with Gasteiger partial charge in [-0.05, 0) is 87.1 Å². The average Bonchev–Trinajstić information content (AvgIpc) is 2.65. The molecule has 0 saturated heterocycles. The van der Waals surface area contributed by atoms with Gasteiger partial charge in [0.2, 0.25) is 0 Å². The van der Waals surface area contributed by atoms with Gasteiger partial charge >= 0.3 is 0 Å². The van der Waals surface area contributed by atoms with Gasteiger partial charge in [0.1, 0.15) is 11.9 Å². The predicted octanol–water partition coefficient (Wildman–Crippen LogP) is 6.29. The lowest BCUT2D eigenvalue weighted by Crippen LogP contribution is -2.07. The third-order valence-corrected chi connectivity index (χ3v) is 5.16. The van der Waals surface area contributed by atoms with E-state index in [4.69, 9.17) is 4.98 Å². The molecule has 142 valence electrons. The van der Waals surface area contributed by atoms with Gasteiger partial charge in [-0.3, -0.25) is 0 Å². The lowest BCUT2D eigenvalue weighted by atomic mass is 10.0. The van der Waals surface area contributed by atoms with E-state index in [2.05, 4.69) is 73.9 Å². The summed E-state index contributed by atoms with van der Waals surface area (Å²) in [5.41, 5.74) is 9.07. The molecule has 0 radical (unpaired) electrons. The summed E-state index contributed by atoms with van der Waals surface area (Å²) in [6.07, 6.45) is 0. The fourth-order valence-electron chi connectivity index (χ4n) is 3.14. The fraction of sp³-hybridized carbons (Fsp3) is 0.250. The van der Waals surface area contributed by atoms with Gasteiger partial charge in [-0.2, -0.15) is 5.26 Å². The number of anilines is 4. The summed E-state index contributed by atoms with van der Waals surface area (Å²) in [6.45, 7) is 12.2. The summed E-state index contributed by atoms with van der Waals surface area (Å²) < 4.78 is 0. The molecule has 0 unspecified atom stereocenters. The quantitative estimate of drug-likeness (QED) is 0.566. The number of nitriles is 1. The highest BCUT2D eigenvalue weighted by atomic mass is 15.1. The third kappa shape index (κ3) is 3.84. The maximum Gasteiger partial charge on any atom is 0.151 e. The van der Waals surface area contributed by atoms with Crippen molar-refractivity contribution in [3.8, 4) is 6.07 Å². The zero-order valence-electron chi connectivity index (χ0n) is 17.4. The molecule has 1 aromatic heterocycles. The molecule has 0 aliphatic rings. The van der Waals surface area contributed by atoms with Crippen LogP contribution in [0.2, 0.25) is 0 Å². The zero-order chi connectivity index (χ0) is 20.4.